The van der Waals surface area contributed by atoms with Crippen LogP contribution in [0.25, 0.3) is 11.0 Å². The molecule has 2 aromatic heterocycles. The van der Waals surface area contributed by atoms with E-state index in [4.69, 9.17) is 0 Å². The van der Waals surface area contributed by atoms with Gasteiger partial charge in [-0.05, 0) is 38.7 Å². The number of amides is 1. The zero-order valence-corrected chi connectivity index (χ0v) is 15.4. The molecule has 2 heterocycles. The van der Waals surface area contributed by atoms with Crippen molar-refractivity contribution in [3.05, 3.63) is 23.5 Å². The second-order valence-corrected chi connectivity index (χ2v) is 7.83. The van der Waals surface area contributed by atoms with Crippen molar-refractivity contribution in [3.8, 4) is 0 Å². The zero-order chi connectivity index (χ0) is 18.1. The largest absolute Gasteiger partial charge is 0.394 e. The summed E-state index contributed by atoms with van der Waals surface area (Å²) in [4.78, 5) is 17.2. The summed E-state index contributed by atoms with van der Waals surface area (Å²) < 4.78 is 1.85. The Balaban J connectivity index is 2.28. The standard InChI is InChI=1S/C18H28N4O2/c1-11(2)22-16-13(9-19-22)7-15(12(3)20-16)17(24)21-14(10-23)8-18(4,5)6/h7,9,11,14,23H,8,10H2,1-6H3,(H,21,24). The Labute approximate surface area is 143 Å². The lowest BCUT2D eigenvalue weighted by Crippen LogP contribution is -2.40. The lowest BCUT2D eigenvalue weighted by Gasteiger charge is -2.25. The van der Waals surface area contributed by atoms with E-state index in [0.717, 1.165) is 11.0 Å². The highest BCUT2D eigenvalue weighted by atomic mass is 16.3. The molecule has 0 aliphatic carbocycles. The van der Waals surface area contributed by atoms with Gasteiger partial charge in [-0.25, -0.2) is 9.67 Å². The quantitative estimate of drug-likeness (QED) is 0.882. The van der Waals surface area contributed by atoms with Crippen LogP contribution in [0.5, 0.6) is 0 Å². The number of nitrogens with zero attached hydrogens (tertiary/aromatic N) is 3. The van der Waals surface area contributed by atoms with Gasteiger partial charge in [0.1, 0.15) is 0 Å². The van der Waals surface area contributed by atoms with Gasteiger partial charge >= 0.3 is 0 Å². The minimum absolute atomic E-state index is 0.0241. The van der Waals surface area contributed by atoms with E-state index in [9.17, 15) is 9.90 Å². The highest BCUT2D eigenvalue weighted by molar-refractivity contribution is 5.98. The lowest BCUT2D eigenvalue weighted by atomic mass is 9.88. The molecule has 2 aromatic rings. The maximum atomic E-state index is 12.6. The van der Waals surface area contributed by atoms with Crippen LogP contribution in [-0.4, -0.2) is 38.4 Å². The van der Waals surface area contributed by atoms with Crippen LogP contribution in [0.3, 0.4) is 0 Å². The predicted octanol–water partition coefficient (Wildman–Crippen LogP) is 2.85. The van der Waals surface area contributed by atoms with Crippen LogP contribution in [0, 0.1) is 12.3 Å². The lowest BCUT2D eigenvalue weighted by molar-refractivity contribution is 0.0897. The highest BCUT2D eigenvalue weighted by Gasteiger charge is 2.22. The molecule has 6 heteroatoms. The number of aryl methyl sites for hydroxylation is 1. The number of hydrogen-bond acceptors (Lipinski definition) is 4. The average molecular weight is 332 g/mol. The van der Waals surface area contributed by atoms with Gasteiger partial charge < -0.3 is 10.4 Å². The van der Waals surface area contributed by atoms with E-state index >= 15 is 0 Å². The average Bonchev–Trinajstić information content (AvgIpc) is 2.86. The number of rotatable bonds is 5. The van der Waals surface area contributed by atoms with Crippen molar-refractivity contribution < 1.29 is 9.90 Å². The third-order valence-electron chi connectivity index (χ3n) is 3.91. The topological polar surface area (TPSA) is 80.0 Å². The Kier molecular flexibility index (Phi) is 5.28. The van der Waals surface area contributed by atoms with E-state index in [1.54, 1.807) is 6.20 Å². The van der Waals surface area contributed by atoms with Crippen LogP contribution in [0.2, 0.25) is 0 Å². The summed E-state index contributed by atoms with van der Waals surface area (Å²) in [7, 11) is 0. The van der Waals surface area contributed by atoms with Crippen LogP contribution in [0.1, 0.15) is 63.1 Å². The molecule has 0 aromatic carbocycles. The van der Waals surface area contributed by atoms with E-state index < -0.39 is 0 Å². The second kappa shape index (κ2) is 6.89. The van der Waals surface area contributed by atoms with E-state index in [1.807, 2.05) is 31.5 Å². The molecule has 2 N–H and O–H groups in total. The number of fused-ring (bicyclic) bond motifs is 1. The van der Waals surface area contributed by atoms with Crippen LogP contribution in [0.15, 0.2) is 12.3 Å². The van der Waals surface area contributed by atoms with Gasteiger partial charge in [0, 0.05) is 11.4 Å². The first-order valence-electron chi connectivity index (χ1n) is 8.39. The van der Waals surface area contributed by atoms with E-state index in [1.165, 1.54) is 0 Å². The SMILES string of the molecule is Cc1nc2c(cnn2C(C)C)cc1C(=O)NC(CO)CC(C)(C)C. The van der Waals surface area contributed by atoms with Gasteiger partial charge in [-0.3, -0.25) is 4.79 Å². The number of aliphatic hydroxyl groups excluding tert-OH is 1. The van der Waals surface area contributed by atoms with Gasteiger partial charge in [0.2, 0.25) is 0 Å². The molecule has 0 saturated heterocycles. The van der Waals surface area contributed by atoms with Gasteiger partial charge in [-0.2, -0.15) is 5.10 Å². The number of aliphatic hydroxyl groups is 1. The van der Waals surface area contributed by atoms with Gasteiger partial charge in [0.05, 0.1) is 30.1 Å². The second-order valence-electron chi connectivity index (χ2n) is 7.83. The summed E-state index contributed by atoms with van der Waals surface area (Å²) in [6.45, 7) is 12.1. The molecule has 24 heavy (non-hydrogen) atoms. The summed E-state index contributed by atoms with van der Waals surface area (Å²) in [5, 5.41) is 17.7. The molecule has 0 fully saturated rings. The molecule has 0 aliphatic heterocycles. The summed E-state index contributed by atoms with van der Waals surface area (Å²) in [6, 6.07) is 1.76. The Hall–Kier alpha value is -1.95. The van der Waals surface area contributed by atoms with Crippen LogP contribution < -0.4 is 5.32 Å². The van der Waals surface area contributed by atoms with Crippen molar-refractivity contribution in [1.29, 1.82) is 0 Å². The molecule has 0 aliphatic rings. The molecule has 1 unspecified atom stereocenters. The monoisotopic (exact) mass is 332 g/mol. The maximum absolute atomic E-state index is 12.6. The van der Waals surface area contributed by atoms with Crippen molar-refractivity contribution in [2.75, 3.05) is 6.61 Å². The summed E-state index contributed by atoms with van der Waals surface area (Å²) in [5.74, 6) is -0.206. The van der Waals surface area contributed by atoms with Gasteiger partial charge in [0.25, 0.3) is 5.91 Å². The van der Waals surface area contributed by atoms with Crippen molar-refractivity contribution in [3.63, 3.8) is 0 Å². The molecule has 1 atom stereocenters. The van der Waals surface area contributed by atoms with Crippen molar-refractivity contribution >= 4 is 16.9 Å². The van der Waals surface area contributed by atoms with E-state index in [2.05, 4.69) is 36.2 Å². The molecular formula is C18H28N4O2. The van der Waals surface area contributed by atoms with E-state index in [-0.39, 0.29) is 30.0 Å². The maximum Gasteiger partial charge on any atom is 0.253 e. The molecule has 0 spiro atoms. The minimum atomic E-state index is -0.272. The molecule has 0 saturated carbocycles. The van der Waals surface area contributed by atoms with E-state index in [0.29, 0.717) is 17.7 Å². The predicted molar refractivity (Wildman–Crippen MR) is 95.1 cm³/mol. The summed E-state index contributed by atoms with van der Waals surface area (Å²) in [5.41, 5.74) is 2.00. The third kappa shape index (κ3) is 4.12. The van der Waals surface area contributed by atoms with Crippen molar-refractivity contribution in [2.24, 2.45) is 5.41 Å². The molecule has 132 valence electrons. The first-order valence-corrected chi connectivity index (χ1v) is 8.39. The summed E-state index contributed by atoms with van der Waals surface area (Å²) in [6.07, 6.45) is 2.44. The molecule has 0 radical (unpaired) electrons. The highest BCUT2D eigenvalue weighted by Crippen LogP contribution is 2.22. The Morgan fingerprint density at radius 2 is 2.04 bits per heavy atom. The number of nitrogens with one attached hydrogen (secondary N) is 1. The fraction of sp³-hybridized carbons (Fsp3) is 0.611. The van der Waals surface area contributed by atoms with Crippen molar-refractivity contribution in [2.45, 2.75) is 60.0 Å². The minimum Gasteiger partial charge on any atom is -0.394 e. The number of carbonyl (C=O) groups excluding carboxylic acids is 1. The molecule has 1 amide bonds. The molecule has 2 rings (SSSR count). The van der Waals surface area contributed by atoms with Gasteiger partial charge in [-0.15, -0.1) is 0 Å². The molecule has 0 bridgehead atoms. The number of carbonyl (C=O) groups is 1. The number of aromatic nitrogens is 3. The number of hydrogen-bond donors (Lipinski definition) is 2. The van der Waals surface area contributed by atoms with Gasteiger partial charge in [0.15, 0.2) is 5.65 Å². The van der Waals surface area contributed by atoms with Crippen LogP contribution >= 0.6 is 0 Å². The zero-order valence-electron chi connectivity index (χ0n) is 15.4. The Morgan fingerprint density at radius 1 is 1.38 bits per heavy atom. The normalized spacial score (nSPS) is 13.5. The summed E-state index contributed by atoms with van der Waals surface area (Å²) >= 11 is 0. The van der Waals surface area contributed by atoms with Crippen LogP contribution in [0.4, 0.5) is 0 Å². The Morgan fingerprint density at radius 3 is 2.58 bits per heavy atom. The first kappa shape index (κ1) is 18.4. The van der Waals surface area contributed by atoms with Gasteiger partial charge in [-0.1, -0.05) is 20.8 Å². The first-order chi connectivity index (χ1) is 11.1. The Bertz CT molecular complexity index is 728. The smallest absolute Gasteiger partial charge is 0.253 e. The van der Waals surface area contributed by atoms with Crippen LogP contribution in [-0.2, 0) is 0 Å². The fourth-order valence-corrected chi connectivity index (χ4v) is 2.84. The van der Waals surface area contributed by atoms with Crippen molar-refractivity contribution in [1.82, 2.24) is 20.1 Å². The number of pyridine rings is 1. The molecular weight excluding hydrogens is 304 g/mol. The molecule has 6 nitrogen and oxygen atoms in total. The fourth-order valence-electron chi connectivity index (χ4n) is 2.84. The third-order valence-corrected chi connectivity index (χ3v) is 3.91.